The summed E-state index contributed by atoms with van der Waals surface area (Å²) in [5.74, 6) is 0.929. The monoisotopic (exact) mass is 256 g/mol. The number of aromatic nitrogens is 2. The van der Waals surface area contributed by atoms with Crippen LogP contribution in [0.15, 0.2) is 0 Å². The Morgan fingerprint density at radius 2 is 1.94 bits per heavy atom. The van der Waals surface area contributed by atoms with Crippen molar-refractivity contribution in [1.29, 1.82) is 0 Å². The second kappa shape index (κ2) is 6.31. The second-order valence-corrected chi connectivity index (χ2v) is 6.36. The average Bonchev–Trinajstić information content (AvgIpc) is 2.64. The topological polar surface area (TPSA) is 41.0 Å². The highest BCUT2D eigenvalue weighted by atomic mass is 32.1. The Morgan fingerprint density at radius 3 is 2.47 bits per heavy atom. The average molecular weight is 256 g/mol. The van der Waals surface area contributed by atoms with Crippen molar-refractivity contribution in [2.45, 2.75) is 39.0 Å². The molecule has 1 rings (SSSR count). The van der Waals surface area contributed by atoms with Gasteiger partial charge in [-0.3, -0.25) is 0 Å². The molecular weight excluding hydrogens is 232 g/mol. The Hall–Kier alpha value is -0.680. The summed E-state index contributed by atoms with van der Waals surface area (Å²) in [4.78, 5) is 6.71. The first kappa shape index (κ1) is 14.4. The molecule has 17 heavy (non-hydrogen) atoms. The highest BCUT2D eigenvalue weighted by molar-refractivity contribution is 7.09. The molecule has 4 nitrogen and oxygen atoms in total. The van der Waals surface area contributed by atoms with E-state index in [1.54, 1.807) is 0 Å². The van der Waals surface area contributed by atoms with Crippen LogP contribution in [0.25, 0.3) is 0 Å². The lowest BCUT2D eigenvalue weighted by Gasteiger charge is -2.12. The molecule has 0 aliphatic heterocycles. The molecule has 0 atom stereocenters. The van der Waals surface area contributed by atoms with E-state index in [4.69, 9.17) is 0 Å². The molecule has 0 spiro atoms. The maximum atomic E-state index is 4.50. The minimum Gasteiger partial charge on any atom is -0.360 e. The fourth-order valence-electron chi connectivity index (χ4n) is 1.35. The van der Waals surface area contributed by atoms with Gasteiger partial charge in [-0.2, -0.15) is 4.37 Å². The fraction of sp³-hybridized carbons (Fsp3) is 0.833. The van der Waals surface area contributed by atoms with E-state index in [9.17, 15) is 0 Å². The van der Waals surface area contributed by atoms with Gasteiger partial charge >= 0.3 is 0 Å². The minimum atomic E-state index is 0.0430. The van der Waals surface area contributed by atoms with Gasteiger partial charge in [-0.15, -0.1) is 0 Å². The van der Waals surface area contributed by atoms with E-state index >= 15 is 0 Å². The molecule has 0 amide bonds. The summed E-state index contributed by atoms with van der Waals surface area (Å²) in [7, 11) is 4.21. The van der Waals surface area contributed by atoms with E-state index in [-0.39, 0.29) is 5.41 Å². The molecule has 0 saturated heterocycles. The maximum absolute atomic E-state index is 4.50. The molecule has 1 aromatic heterocycles. The van der Waals surface area contributed by atoms with Gasteiger partial charge in [0.2, 0.25) is 5.13 Å². The molecule has 1 aromatic rings. The molecule has 98 valence electrons. The lowest BCUT2D eigenvalue weighted by Crippen LogP contribution is -2.14. The van der Waals surface area contributed by atoms with Crippen LogP contribution in [-0.2, 0) is 5.41 Å². The first-order chi connectivity index (χ1) is 7.89. The lowest BCUT2D eigenvalue weighted by molar-refractivity contribution is 0.396. The Bertz CT molecular complexity index is 327. The highest BCUT2D eigenvalue weighted by Gasteiger charge is 2.19. The first-order valence-corrected chi connectivity index (χ1v) is 6.90. The van der Waals surface area contributed by atoms with Crippen LogP contribution in [0.3, 0.4) is 0 Å². The third-order valence-corrected chi connectivity index (χ3v) is 3.08. The van der Waals surface area contributed by atoms with Crippen molar-refractivity contribution in [1.82, 2.24) is 14.3 Å². The highest BCUT2D eigenvalue weighted by Crippen LogP contribution is 2.22. The van der Waals surface area contributed by atoms with Crippen LogP contribution in [-0.4, -0.2) is 41.4 Å². The molecule has 0 bridgehead atoms. The van der Waals surface area contributed by atoms with E-state index in [1.165, 1.54) is 24.4 Å². The van der Waals surface area contributed by atoms with Gasteiger partial charge in [0.25, 0.3) is 0 Å². The summed E-state index contributed by atoms with van der Waals surface area (Å²) < 4.78 is 4.37. The molecular formula is C12H24N4S. The summed E-state index contributed by atoms with van der Waals surface area (Å²) in [6.45, 7) is 8.53. The molecule has 0 saturated carbocycles. The second-order valence-electron chi connectivity index (χ2n) is 5.61. The quantitative estimate of drug-likeness (QED) is 0.794. The molecule has 0 radical (unpaired) electrons. The Kier molecular flexibility index (Phi) is 5.33. The zero-order valence-corrected chi connectivity index (χ0v) is 12.4. The predicted molar refractivity (Wildman–Crippen MR) is 74.9 cm³/mol. The summed E-state index contributed by atoms with van der Waals surface area (Å²) >= 11 is 1.46. The van der Waals surface area contributed by atoms with Crippen LogP contribution in [0, 0.1) is 0 Å². The van der Waals surface area contributed by atoms with Crippen molar-refractivity contribution in [2.75, 3.05) is 32.5 Å². The van der Waals surface area contributed by atoms with Crippen molar-refractivity contribution in [2.24, 2.45) is 0 Å². The standard InChI is InChI=1S/C12H24N4S/c1-12(2,3)10-14-11(17-15-10)13-8-6-7-9-16(4)5/h6-9H2,1-5H3,(H,13,14,15). The van der Waals surface area contributed by atoms with Crippen molar-refractivity contribution in [3.63, 3.8) is 0 Å². The predicted octanol–water partition coefficient (Wildman–Crippen LogP) is 2.59. The van der Waals surface area contributed by atoms with Gasteiger partial charge in [0.05, 0.1) is 0 Å². The van der Waals surface area contributed by atoms with Crippen LogP contribution in [0.2, 0.25) is 0 Å². The molecule has 0 fully saturated rings. The van der Waals surface area contributed by atoms with Gasteiger partial charge < -0.3 is 10.2 Å². The van der Waals surface area contributed by atoms with E-state index < -0.39 is 0 Å². The molecule has 1 heterocycles. The van der Waals surface area contributed by atoms with E-state index in [2.05, 4.69) is 54.4 Å². The number of hydrogen-bond donors (Lipinski definition) is 1. The van der Waals surface area contributed by atoms with Crippen LogP contribution in [0.1, 0.15) is 39.4 Å². The number of hydrogen-bond acceptors (Lipinski definition) is 5. The minimum absolute atomic E-state index is 0.0430. The van der Waals surface area contributed by atoms with E-state index in [1.807, 2.05) is 0 Å². The van der Waals surface area contributed by atoms with Gasteiger partial charge in [-0.05, 0) is 33.5 Å². The zero-order chi connectivity index (χ0) is 12.9. The van der Waals surface area contributed by atoms with Crippen LogP contribution in [0.4, 0.5) is 5.13 Å². The van der Waals surface area contributed by atoms with Gasteiger partial charge in [0.15, 0.2) is 0 Å². The summed E-state index contributed by atoms with van der Waals surface area (Å²) in [5.41, 5.74) is 0.0430. The van der Waals surface area contributed by atoms with Crippen molar-refractivity contribution in [3.05, 3.63) is 5.82 Å². The maximum Gasteiger partial charge on any atom is 0.202 e. The van der Waals surface area contributed by atoms with E-state index in [0.717, 1.165) is 24.0 Å². The largest absolute Gasteiger partial charge is 0.360 e. The molecule has 0 aliphatic rings. The number of nitrogens with one attached hydrogen (secondary N) is 1. The third kappa shape index (κ3) is 5.46. The van der Waals surface area contributed by atoms with Gasteiger partial charge in [0.1, 0.15) is 5.82 Å². The lowest BCUT2D eigenvalue weighted by atomic mass is 9.96. The first-order valence-electron chi connectivity index (χ1n) is 6.12. The smallest absolute Gasteiger partial charge is 0.202 e. The van der Waals surface area contributed by atoms with Gasteiger partial charge in [0, 0.05) is 23.5 Å². The van der Waals surface area contributed by atoms with Crippen LogP contribution < -0.4 is 5.32 Å². The van der Waals surface area contributed by atoms with Crippen molar-refractivity contribution in [3.8, 4) is 0 Å². The molecule has 0 aliphatic carbocycles. The molecule has 0 aromatic carbocycles. The number of unbranched alkanes of at least 4 members (excludes halogenated alkanes) is 1. The fourth-order valence-corrected chi connectivity index (χ4v) is 2.13. The number of rotatable bonds is 6. The Morgan fingerprint density at radius 1 is 1.24 bits per heavy atom. The molecule has 0 unspecified atom stereocenters. The zero-order valence-electron chi connectivity index (χ0n) is 11.6. The van der Waals surface area contributed by atoms with Crippen LogP contribution >= 0.6 is 11.5 Å². The SMILES string of the molecule is CN(C)CCCCNc1nc(C(C)(C)C)ns1. The van der Waals surface area contributed by atoms with E-state index in [0.29, 0.717) is 0 Å². The van der Waals surface area contributed by atoms with Gasteiger partial charge in [-0.25, -0.2) is 4.98 Å². The Balaban J connectivity index is 2.26. The summed E-state index contributed by atoms with van der Waals surface area (Å²) in [6.07, 6.45) is 2.38. The van der Waals surface area contributed by atoms with Crippen LogP contribution in [0.5, 0.6) is 0 Å². The molecule has 1 N–H and O–H groups in total. The third-order valence-electron chi connectivity index (χ3n) is 2.41. The van der Waals surface area contributed by atoms with Crippen molar-refractivity contribution >= 4 is 16.7 Å². The Labute approximate surface area is 109 Å². The van der Waals surface area contributed by atoms with Crippen molar-refractivity contribution < 1.29 is 0 Å². The summed E-state index contributed by atoms with van der Waals surface area (Å²) in [5, 5.41) is 4.28. The normalized spacial score (nSPS) is 12.1. The van der Waals surface area contributed by atoms with Gasteiger partial charge in [-0.1, -0.05) is 20.8 Å². The summed E-state index contributed by atoms with van der Waals surface area (Å²) in [6, 6.07) is 0. The number of nitrogens with zero attached hydrogens (tertiary/aromatic N) is 3. The molecule has 5 heteroatoms. The number of anilines is 1.